The summed E-state index contributed by atoms with van der Waals surface area (Å²) in [6.45, 7) is 5.30. The van der Waals surface area contributed by atoms with Crippen molar-refractivity contribution in [3.63, 3.8) is 0 Å². The van der Waals surface area contributed by atoms with Crippen LogP contribution in [0.5, 0.6) is 0 Å². The average molecular weight is 328 g/mol. The SMILES string of the molecule is CCc1ccccc1CC[C@H](N1NC(=O)CC1(C)C)C(F)(F)F. The van der Waals surface area contributed by atoms with E-state index in [0.717, 1.165) is 22.6 Å². The van der Waals surface area contributed by atoms with Gasteiger partial charge in [-0.05, 0) is 44.2 Å². The van der Waals surface area contributed by atoms with Crippen LogP contribution in [-0.2, 0) is 17.6 Å². The molecule has 1 atom stereocenters. The van der Waals surface area contributed by atoms with E-state index in [2.05, 4.69) is 5.43 Å². The first-order chi connectivity index (χ1) is 10.6. The summed E-state index contributed by atoms with van der Waals surface area (Å²) in [7, 11) is 0. The normalized spacial score (nSPS) is 19.7. The van der Waals surface area contributed by atoms with E-state index in [4.69, 9.17) is 0 Å². The maximum Gasteiger partial charge on any atom is 0.405 e. The zero-order valence-electron chi connectivity index (χ0n) is 13.7. The van der Waals surface area contributed by atoms with Crippen molar-refractivity contribution in [3.8, 4) is 0 Å². The van der Waals surface area contributed by atoms with E-state index >= 15 is 0 Å². The number of hydrazine groups is 1. The highest BCUT2D eigenvalue weighted by molar-refractivity contribution is 5.78. The van der Waals surface area contributed by atoms with E-state index in [1.807, 2.05) is 31.2 Å². The van der Waals surface area contributed by atoms with Gasteiger partial charge in [-0.1, -0.05) is 31.2 Å². The van der Waals surface area contributed by atoms with Gasteiger partial charge in [0.05, 0.1) is 0 Å². The molecule has 2 rings (SSSR count). The first-order valence-corrected chi connectivity index (χ1v) is 7.87. The molecule has 1 aromatic rings. The summed E-state index contributed by atoms with van der Waals surface area (Å²) in [5, 5.41) is 1.09. The molecule has 3 nitrogen and oxygen atoms in total. The molecule has 1 aliphatic heterocycles. The lowest BCUT2D eigenvalue weighted by atomic mass is 9.95. The molecule has 6 heteroatoms. The predicted molar refractivity (Wildman–Crippen MR) is 82.7 cm³/mol. The summed E-state index contributed by atoms with van der Waals surface area (Å²) >= 11 is 0. The number of carbonyl (C=O) groups is 1. The van der Waals surface area contributed by atoms with Crippen molar-refractivity contribution in [3.05, 3.63) is 35.4 Å². The molecule has 1 fully saturated rings. The van der Waals surface area contributed by atoms with Gasteiger partial charge < -0.3 is 0 Å². The Morgan fingerprint density at radius 1 is 1.26 bits per heavy atom. The van der Waals surface area contributed by atoms with Crippen molar-refractivity contribution in [2.45, 2.75) is 64.2 Å². The zero-order valence-corrected chi connectivity index (χ0v) is 13.7. The molecule has 1 aromatic carbocycles. The quantitative estimate of drug-likeness (QED) is 0.895. The van der Waals surface area contributed by atoms with Crippen LogP contribution in [0.25, 0.3) is 0 Å². The Kier molecular flexibility index (Phi) is 5.04. The van der Waals surface area contributed by atoms with Crippen molar-refractivity contribution >= 4 is 5.91 Å². The highest BCUT2D eigenvalue weighted by Gasteiger charge is 2.51. The molecule has 1 N–H and O–H groups in total. The fourth-order valence-corrected chi connectivity index (χ4v) is 3.18. The molecule has 0 bridgehead atoms. The van der Waals surface area contributed by atoms with E-state index in [1.165, 1.54) is 0 Å². The number of benzene rings is 1. The summed E-state index contributed by atoms with van der Waals surface area (Å²) in [6, 6.07) is 5.87. The van der Waals surface area contributed by atoms with Crippen LogP contribution in [0.1, 0.15) is 44.7 Å². The number of nitrogens with one attached hydrogen (secondary N) is 1. The first-order valence-electron chi connectivity index (χ1n) is 7.87. The molecule has 0 aliphatic carbocycles. The number of carbonyl (C=O) groups excluding carboxylic acids is 1. The van der Waals surface area contributed by atoms with Crippen LogP contribution in [0.3, 0.4) is 0 Å². The van der Waals surface area contributed by atoms with Gasteiger partial charge in [-0.15, -0.1) is 0 Å². The van der Waals surface area contributed by atoms with E-state index < -0.39 is 17.8 Å². The monoisotopic (exact) mass is 328 g/mol. The van der Waals surface area contributed by atoms with E-state index in [-0.39, 0.29) is 18.7 Å². The van der Waals surface area contributed by atoms with Gasteiger partial charge >= 0.3 is 6.18 Å². The van der Waals surface area contributed by atoms with Crippen molar-refractivity contribution in [1.82, 2.24) is 10.4 Å². The lowest BCUT2D eigenvalue weighted by Gasteiger charge is -2.37. The predicted octanol–water partition coefficient (Wildman–Crippen LogP) is 3.63. The maximum atomic E-state index is 13.5. The van der Waals surface area contributed by atoms with Gasteiger partial charge in [-0.25, -0.2) is 5.01 Å². The second-order valence-electron chi connectivity index (χ2n) is 6.61. The smallest absolute Gasteiger partial charge is 0.288 e. The molecule has 1 saturated heterocycles. The minimum Gasteiger partial charge on any atom is -0.288 e. The number of hydrogen-bond donors (Lipinski definition) is 1. The lowest BCUT2D eigenvalue weighted by molar-refractivity contribution is -0.202. The number of nitrogens with zero attached hydrogens (tertiary/aromatic N) is 1. The Balaban J connectivity index is 2.19. The summed E-state index contributed by atoms with van der Waals surface area (Å²) < 4.78 is 40.6. The lowest BCUT2D eigenvalue weighted by Crippen LogP contribution is -2.56. The highest BCUT2D eigenvalue weighted by atomic mass is 19.4. The topological polar surface area (TPSA) is 32.3 Å². The molecule has 0 unspecified atom stereocenters. The summed E-state index contributed by atoms with van der Waals surface area (Å²) in [6.07, 6.45) is -3.28. The van der Waals surface area contributed by atoms with Crippen LogP contribution in [0, 0.1) is 0 Å². The summed E-state index contributed by atoms with van der Waals surface area (Å²) in [5.74, 6) is -0.363. The molecule has 0 spiro atoms. The van der Waals surface area contributed by atoms with Crippen LogP contribution in [0.4, 0.5) is 13.2 Å². The van der Waals surface area contributed by atoms with Gasteiger partial charge in [-0.3, -0.25) is 10.2 Å². The van der Waals surface area contributed by atoms with Crippen molar-refractivity contribution in [1.29, 1.82) is 0 Å². The van der Waals surface area contributed by atoms with Crippen LogP contribution < -0.4 is 5.43 Å². The Hall–Kier alpha value is -1.56. The van der Waals surface area contributed by atoms with Crippen LogP contribution in [-0.4, -0.2) is 28.7 Å². The largest absolute Gasteiger partial charge is 0.405 e. The minimum absolute atomic E-state index is 0.0745. The number of hydrogen-bond acceptors (Lipinski definition) is 2. The molecule has 128 valence electrons. The third-order valence-corrected chi connectivity index (χ3v) is 4.37. The maximum absolute atomic E-state index is 13.5. The van der Waals surface area contributed by atoms with Crippen molar-refractivity contribution < 1.29 is 18.0 Å². The fraction of sp³-hybridized carbons (Fsp3) is 0.588. The molecule has 1 heterocycles. The Bertz CT molecular complexity index is 569. The highest BCUT2D eigenvalue weighted by Crippen LogP contribution is 2.35. The second kappa shape index (κ2) is 6.51. The molecule has 1 amide bonds. The molecule has 23 heavy (non-hydrogen) atoms. The standard InChI is InChI=1S/C17H23F3N2O/c1-4-12-7-5-6-8-13(12)9-10-14(17(18,19)20)22-16(2,3)11-15(23)21-22/h5-8,14H,4,9-11H2,1-3H3,(H,21,23)/t14-/m0/s1. The number of halogens is 3. The van der Waals surface area contributed by atoms with E-state index in [9.17, 15) is 18.0 Å². The van der Waals surface area contributed by atoms with Crippen molar-refractivity contribution in [2.24, 2.45) is 0 Å². The summed E-state index contributed by atoms with van der Waals surface area (Å²) in [5.41, 5.74) is 3.55. The average Bonchev–Trinajstić information content (AvgIpc) is 2.71. The van der Waals surface area contributed by atoms with Crippen LogP contribution in [0.2, 0.25) is 0 Å². The molecular formula is C17H23F3N2O. The molecular weight excluding hydrogens is 305 g/mol. The fourth-order valence-electron chi connectivity index (χ4n) is 3.18. The van der Waals surface area contributed by atoms with Gasteiger partial charge in [0, 0.05) is 12.0 Å². The van der Waals surface area contributed by atoms with Gasteiger partial charge in [0.2, 0.25) is 5.91 Å². The first kappa shape index (κ1) is 17.8. The van der Waals surface area contributed by atoms with Gasteiger partial charge in [0.15, 0.2) is 0 Å². The summed E-state index contributed by atoms with van der Waals surface area (Å²) in [4.78, 5) is 11.6. The van der Waals surface area contributed by atoms with Gasteiger partial charge in [0.1, 0.15) is 6.04 Å². The van der Waals surface area contributed by atoms with E-state index in [1.54, 1.807) is 13.8 Å². The molecule has 0 saturated carbocycles. The second-order valence-corrected chi connectivity index (χ2v) is 6.61. The molecule has 0 radical (unpaired) electrons. The molecule has 0 aromatic heterocycles. The molecule has 1 aliphatic rings. The van der Waals surface area contributed by atoms with Gasteiger partial charge in [0.25, 0.3) is 0 Å². The third-order valence-electron chi connectivity index (χ3n) is 4.37. The number of rotatable bonds is 5. The van der Waals surface area contributed by atoms with E-state index in [0.29, 0.717) is 6.42 Å². The number of alkyl halides is 3. The minimum atomic E-state index is -4.39. The Labute approximate surface area is 134 Å². The zero-order chi connectivity index (χ0) is 17.3. The Morgan fingerprint density at radius 2 is 1.87 bits per heavy atom. The van der Waals surface area contributed by atoms with Crippen molar-refractivity contribution in [2.75, 3.05) is 0 Å². The number of aryl methyl sites for hydroxylation is 2. The third kappa shape index (κ3) is 4.05. The van der Waals surface area contributed by atoms with Crippen LogP contribution in [0.15, 0.2) is 24.3 Å². The van der Waals surface area contributed by atoms with Crippen LogP contribution >= 0.6 is 0 Å². The number of amides is 1. The van der Waals surface area contributed by atoms with Gasteiger partial charge in [-0.2, -0.15) is 13.2 Å². The Morgan fingerprint density at radius 3 is 2.35 bits per heavy atom.